The predicted molar refractivity (Wildman–Crippen MR) is 102 cm³/mol. The molecule has 0 saturated carbocycles. The second kappa shape index (κ2) is 8.06. The van der Waals surface area contributed by atoms with E-state index in [-0.39, 0.29) is 11.8 Å². The number of aryl methyl sites for hydroxylation is 1. The number of hydrogen-bond donors (Lipinski definition) is 2. The number of benzene rings is 2. The lowest BCUT2D eigenvalue weighted by Gasteiger charge is -2.12. The summed E-state index contributed by atoms with van der Waals surface area (Å²) in [5.74, 6) is -0.259. The van der Waals surface area contributed by atoms with E-state index in [4.69, 9.17) is 11.6 Å². The van der Waals surface area contributed by atoms with Crippen molar-refractivity contribution in [2.75, 3.05) is 5.32 Å². The molecule has 0 spiro atoms. The summed E-state index contributed by atoms with van der Waals surface area (Å²) in [4.78, 5) is 12.1. The van der Waals surface area contributed by atoms with Crippen LogP contribution in [0.25, 0.3) is 0 Å². The van der Waals surface area contributed by atoms with Gasteiger partial charge in [0, 0.05) is 29.1 Å². The molecule has 1 aromatic heterocycles. The first kappa shape index (κ1) is 18.0. The van der Waals surface area contributed by atoms with Gasteiger partial charge in [-0.1, -0.05) is 29.8 Å². The maximum atomic E-state index is 13.3. The summed E-state index contributed by atoms with van der Waals surface area (Å²) >= 11 is 6.06. The van der Waals surface area contributed by atoms with Crippen LogP contribution in [0.3, 0.4) is 0 Å². The number of amides is 2. The molecule has 2 amide bonds. The van der Waals surface area contributed by atoms with Gasteiger partial charge in [0.15, 0.2) is 0 Å². The SMILES string of the molecule is Cc1ccc(NC(=O)NCc2cccn2Cc2cccc(F)c2)cc1Cl. The fourth-order valence-electron chi connectivity index (χ4n) is 2.61. The molecule has 3 aromatic rings. The average Bonchev–Trinajstić information content (AvgIpc) is 3.03. The van der Waals surface area contributed by atoms with Crippen LogP contribution in [0, 0.1) is 12.7 Å². The number of rotatable bonds is 5. The first-order valence-electron chi connectivity index (χ1n) is 8.21. The third-order valence-electron chi connectivity index (χ3n) is 4.03. The lowest BCUT2D eigenvalue weighted by atomic mass is 10.2. The highest BCUT2D eigenvalue weighted by molar-refractivity contribution is 6.31. The van der Waals surface area contributed by atoms with E-state index >= 15 is 0 Å². The van der Waals surface area contributed by atoms with E-state index < -0.39 is 0 Å². The van der Waals surface area contributed by atoms with Gasteiger partial charge in [-0.05, 0) is 54.4 Å². The molecule has 26 heavy (non-hydrogen) atoms. The molecule has 0 fully saturated rings. The largest absolute Gasteiger partial charge is 0.345 e. The van der Waals surface area contributed by atoms with Gasteiger partial charge in [0.2, 0.25) is 0 Å². The average molecular weight is 372 g/mol. The molecule has 0 aliphatic heterocycles. The Labute approximate surface area is 156 Å². The number of carbonyl (C=O) groups excluding carboxylic acids is 1. The molecule has 3 rings (SSSR count). The first-order chi connectivity index (χ1) is 12.5. The number of hydrogen-bond acceptors (Lipinski definition) is 1. The van der Waals surface area contributed by atoms with Gasteiger partial charge in [-0.2, -0.15) is 0 Å². The van der Waals surface area contributed by atoms with E-state index in [0.717, 1.165) is 16.8 Å². The van der Waals surface area contributed by atoms with Crippen LogP contribution < -0.4 is 10.6 Å². The monoisotopic (exact) mass is 371 g/mol. The number of nitrogens with zero attached hydrogens (tertiary/aromatic N) is 1. The molecular formula is C20H19ClFN3O. The molecule has 4 nitrogen and oxygen atoms in total. The van der Waals surface area contributed by atoms with Gasteiger partial charge >= 0.3 is 6.03 Å². The van der Waals surface area contributed by atoms with Crippen molar-refractivity contribution < 1.29 is 9.18 Å². The molecular weight excluding hydrogens is 353 g/mol. The lowest BCUT2D eigenvalue weighted by Crippen LogP contribution is -2.29. The summed E-state index contributed by atoms with van der Waals surface area (Å²) < 4.78 is 15.3. The molecule has 134 valence electrons. The number of anilines is 1. The zero-order valence-corrected chi connectivity index (χ0v) is 15.1. The Bertz CT molecular complexity index is 923. The lowest BCUT2D eigenvalue weighted by molar-refractivity contribution is 0.251. The topological polar surface area (TPSA) is 46.1 Å². The van der Waals surface area contributed by atoms with Gasteiger partial charge in [0.05, 0.1) is 6.54 Å². The summed E-state index contributed by atoms with van der Waals surface area (Å²) in [5.41, 5.74) is 3.37. The third kappa shape index (κ3) is 4.64. The van der Waals surface area contributed by atoms with Crippen molar-refractivity contribution in [2.24, 2.45) is 0 Å². The Morgan fingerprint density at radius 3 is 2.77 bits per heavy atom. The van der Waals surface area contributed by atoms with Crippen LogP contribution in [0.15, 0.2) is 60.8 Å². The molecule has 2 aromatic carbocycles. The van der Waals surface area contributed by atoms with Crippen molar-refractivity contribution in [3.05, 3.63) is 88.5 Å². The van der Waals surface area contributed by atoms with Gasteiger partial charge in [-0.25, -0.2) is 9.18 Å². The number of carbonyl (C=O) groups is 1. The maximum Gasteiger partial charge on any atom is 0.319 e. The first-order valence-corrected chi connectivity index (χ1v) is 8.58. The number of urea groups is 1. The Kier molecular flexibility index (Phi) is 5.58. The number of halogens is 2. The van der Waals surface area contributed by atoms with Gasteiger partial charge in [0.1, 0.15) is 5.82 Å². The van der Waals surface area contributed by atoms with Crippen LogP contribution in [0.1, 0.15) is 16.8 Å². The smallest absolute Gasteiger partial charge is 0.319 e. The fourth-order valence-corrected chi connectivity index (χ4v) is 2.79. The highest BCUT2D eigenvalue weighted by Crippen LogP contribution is 2.19. The van der Waals surface area contributed by atoms with Crippen molar-refractivity contribution >= 4 is 23.3 Å². The van der Waals surface area contributed by atoms with Crippen LogP contribution in [-0.2, 0) is 13.1 Å². The van der Waals surface area contributed by atoms with Gasteiger partial charge in [-0.15, -0.1) is 0 Å². The van der Waals surface area contributed by atoms with Crippen molar-refractivity contribution in [3.63, 3.8) is 0 Å². The van der Waals surface area contributed by atoms with Gasteiger partial charge in [-0.3, -0.25) is 0 Å². The quantitative estimate of drug-likeness (QED) is 0.654. The van der Waals surface area contributed by atoms with Gasteiger partial charge < -0.3 is 15.2 Å². The Morgan fingerprint density at radius 1 is 1.15 bits per heavy atom. The Balaban J connectivity index is 1.59. The molecule has 0 saturated heterocycles. The van der Waals surface area contributed by atoms with Crippen molar-refractivity contribution in [2.45, 2.75) is 20.0 Å². The number of nitrogens with one attached hydrogen (secondary N) is 2. The Morgan fingerprint density at radius 2 is 2.00 bits per heavy atom. The van der Waals surface area contributed by atoms with E-state index in [1.807, 2.05) is 42.0 Å². The maximum absolute atomic E-state index is 13.3. The van der Waals surface area contributed by atoms with Crippen molar-refractivity contribution in [1.29, 1.82) is 0 Å². The molecule has 2 N–H and O–H groups in total. The molecule has 6 heteroatoms. The second-order valence-electron chi connectivity index (χ2n) is 6.03. The van der Waals surface area contributed by atoms with Crippen molar-refractivity contribution in [3.8, 4) is 0 Å². The zero-order valence-electron chi connectivity index (χ0n) is 14.3. The molecule has 1 heterocycles. The van der Waals surface area contributed by atoms with E-state index in [0.29, 0.717) is 23.8 Å². The zero-order chi connectivity index (χ0) is 18.5. The van der Waals surface area contributed by atoms with Crippen LogP contribution in [0.4, 0.5) is 14.9 Å². The van der Waals surface area contributed by atoms with Gasteiger partial charge in [0.25, 0.3) is 0 Å². The normalized spacial score (nSPS) is 10.6. The molecule has 0 atom stereocenters. The summed E-state index contributed by atoms with van der Waals surface area (Å²) in [6, 6.07) is 15.3. The second-order valence-corrected chi connectivity index (χ2v) is 6.44. The Hall–Kier alpha value is -2.79. The summed E-state index contributed by atoms with van der Waals surface area (Å²) in [6.45, 7) is 2.80. The van der Waals surface area contributed by atoms with E-state index in [1.54, 1.807) is 18.2 Å². The molecule has 0 bridgehead atoms. The highest BCUT2D eigenvalue weighted by atomic mass is 35.5. The van der Waals surface area contributed by atoms with E-state index in [9.17, 15) is 9.18 Å². The molecule has 0 radical (unpaired) electrons. The molecule has 0 aliphatic rings. The minimum Gasteiger partial charge on any atom is -0.345 e. The standard InChI is InChI=1S/C20H19ClFN3O/c1-14-7-8-17(11-19(14)21)24-20(26)23-12-18-6-3-9-25(18)13-15-4-2-5-16(22)10-15/h2-11H,12-13H2,1H3,(H2,23,24,26). The van der Waals surface area contributed by atoms with Crippen molar-refractivity contribution in [1.82, 2.24) is 9.88 Å². The van der Waals surface area contributed by atoms with Crippen LogP contribution in [-0.4, -0.2) is 10.6 Å². The fraction of sp³-hybridized carbons (Fsp3) is 0.150. The van der Waals surface area contributed by atoms with E-state index in [1.165, 1.54) is 12.1 Å². The summed E-state index contributed by atoms with van der Waals surface area (Å²) in [7, 11) is 0. The minimum absolute atomic E-state index is 0.259. The molecule has 0 unspecified atom stereocenters. The summed E-state index contributed by atoms with van der Waals surface area (Å²) in [5, 5.41) is 6.18. The van der Waals surface area contributed by atoms with E-state index in [2.05, 4.69) is 10.6 Å². The third-order valence-corrected chi connectivity index (χ3v) is 4.43. The van der Waals surface area contributed by atoms with Crippen LogP contribution in [0.2, 0.25) is 5.02 Å². The minimum atomic E-state index is -0.316. The predicted octanol–water partition coefficient (Wildman–Crippen LogP) is 4.96. The highest BCUT2D eigenvalue weighted by Gasteiger charge is 2.07. The molecule has 0 aliphatic carbocycles. The van der Waals surface area contributed by atoms with Crippen LogP contribution in [0.5, 0.6) is 0 Å². The number of aromatic nitrogens is 1. The van der Waals surface area contributed by atoms with Crippen LogP contribution >= 0.6 is 11.6 Å². The summed E-state index contributed by atoms with van der Waals surface area (Å²) in [6.07, 6.45) is 1.90.